The SMILES string of the molecule is COc1ccc(S(=O)(=O)c2ccc(COc3cc4cc(Oc5ccc(S(=O)(=O)c6ccc(C)c(SOOO)c6)cc5S(=O)(=O)O)c(SOOO)cc4cc3S(=O)(=O)O)cc2)cc1. The van der Waals surface area contributed by atoms with E-state index in [0.717, 1.165) is 18.2 Å². The Morgan fingerprint density at radius 3 is 1.63 bits per heavy atom. The van der Waals surface area contributed by atoms with Crippen molar-refractivity contribution in [3.8, 4) is 23.0 Å². The van der Waals surface area contributed by atoms with Crippen molar-refractivity contribution in [2.45, 2.75) is 52.7 Å². The topological polar surface area (TPSA) is 282 Å². The van der Waals surface area contributed by atoms with Crippen molar-refractivity contribution in [1.82, 2.24) is 0 Å². The monoisotopic (exact) mass is 970 g/mol. The van der Waals surface area contributed by atoms with Crippen LogP contribution in [0, 0.1) is 6.92 Å². The van der Waals surface area contributed by atoms with Crippen LogP contribution < -0.4 is 14.2 Å². The summed E-state index contributed by atoms with van der Waals surface area (Å²) in [7, 11) is -17.1. The van der Waals surface area contributed by atoms with E-state index in [2.05, 4.69) is 18.7 Å². The van der Waals surface area contributed by atoms with E-state index in [1.807, 2.05) is 0 Å². The van der Waals surface area contributed by atoms with E-state index >= 15 is 0 Å². The Balaban J connectivity index is 1.35. The van der Waals surface area contributed by atoms with Crippen LogP contribution in [-0.4, -0.2) is 60.4 Å². The highest BCUT2D eigenvalue weighted by molar-refractivity contribution is 7.95. The van der Waals surface area contributed by atoms with Gasteiger partial charge in [0.1, 0.15) is 39.4 Å². The normalized spacial score (nSPS) is 12.4. The minimum Gasteiger partial charge on any atom is -0.497 e. The molecule has 0 spiro atoms. The summed E-state index contributed by atoms with van der Waals surface area (Å²) in [6.07, 6.45) is 0. The second-order valence-electron chi connectivity index (χ2n) is 12.6. The maximum absolute atomic E-state index is 13.6. The van der Waals surface area contributed by atoms with Gasteiger partial charge in [-0.1, -0.05) is 28.3 Å². The van der Waals surface area contributed by atoms with Gasteiger partial charge in [0.2, 0.25) is 19.7 Å². The lowest BCUT2D eigenvalue weighted by Gasteiger charge is -2.16. The third-order valence-electron chi connectivity index (χ3n) is 8.74. The van der Waals surface area contributed by atoms with Crippen LogP contribution >= 0.6 is 24.1 Å². The molecular formula is C37H30O19S6. The summed E-state index contributed by atoms with van der Waals surface area (Å²) in [5.41, 5.74) is 0.930. The van der Waals surface area contributed by atoms with Crippen LogP contribution in [0.3, 0.4) is 0 Å². The van der Waals surface area contributed by atoms with Crippen LogP contribution in [0.4, 0.5) is 0 Å². The molecule has 25 heteroatoms. The van der Waals surface area contributed by atoms with Crippen LogP contribution in [0.1, 0.15) is 11.1 Å². The number of hydrogen-bond donors (Lipinski definition) is 4. The van der Waals surface area contributed by atoms with Crippen molar-refractivity contribution in [2.75, 3.05) is 7.11 Å². The molecule has 328 valence electrons. The third kappa shape index (κ3) is 10.5. The van der Waals surface area contributed by atoms with E-state index < -0.39 is 60.3 Å². The fraction of sp³-hybridized carbons (Fsp3) is 0.0811. The van der Waals surface area contributed by atoms with Crippen LogP contribution in [0.5, 0.6) is 23.0 Å². The molecule has 6 aromatic carbocycles. The molecule has 4 N–H and O–H groups in total. The summed E-state index contributed by atoms with van der Waals surface area (Å²) in [5.74, 6) is -0.787. The molecule has 19 nitrogen and oxygen atoms in total. The number of methoxy groups -OCH3 is 1. The van der Waals surface area contributed by atoms with Gasteiger partial charge in [-0.2, -0.15) is 16.8 Å². The van der Waals surface area contributed by atoms with E-state index in [-0.39, 0.29) is 53.4 Å². The standard InChI is InChI=1S/C37H30O19S6/c1-22-3-8-29(19-34(22)57-55-53-38)60(42,43)30-13-14-31(37(20-30)62(47,48)49)52-32-15-24-16-33(36(61(44,45)46)18-25(24)17-35(32)58-56-54-39)51-21-23-4-9-27(10-5-23)59(40,41)28-11-6-26(50-2)7-12-28/h3-20,38-39H,21H2,1-2H3,(H,44,45,46)(H,47,48,49). The molecule has 0 saturated carbocycles. The van der Waals surface area contributed by atoms with Gasteiger partial charge in [-0.15, -0.1) is 8.67 Å². The number of fused-ring (bicyclic) bond motifs is 1. The predicted molar refractivity (Wildman–Crippen MR) is 217 cm³/mol. The van der Waals surface area contributed by atoms with E-state index in [1.54, 1.807) is 6.92 Å². The first kappa shape index (κ1) is 46.7. The molecule has 0 heterocycles. The second kappa shape index (κ2) is 18.9. The van der Waals surface area contributed by atoms with Crippen molar-refractivity contribution in [2.24, 2.45) is 0 Å². The number of rotatable bonds is 18. The zero-order chi connectivity index (χ0) is 45.0. The fourth-order valence-corrected chi connectivity index (χ4v) is 10.6. The van der Waals surface area contributed by atoms with E-state index in [9.17, 15) is 42.8 Å². The molecule has 6 rings (SSSR count). The van der Waals surface area contributed by atoms with Crippen molar-refractivity contribution in [3.05, 3.63) is 120 Å². The first-order chi connectivity index (χ1) is 29.3. The highest BCUT2D eigenvalue weighted by atomic mass is 32.2. The molecule has 0 aliphatic carbocycles. The Morgan fingerprint density at radius 2 is 1.03 bits per heavy atom. The first-order valence-electron chi connectivity index (χ1n) is 16.9. The van der Waals surface area contributed by atoms with Crippen LogP contribution in [-0.2, 0) is 65.3 Å². The second-order valence-corrected chi connectivity index (χ2v) is 20.8. The lowest BCUT2D eigenvalue weighted by Crippen LogP contribution is -2.07. The minimum absolute atomic E-state index is 0.0192. The van der Waals surface area contributed by atoms with Gasteiger partial charge < -0.3 is 14.2 Å². The summed E-state index contributed by atoms with van der Waals surface area (Å²) >= 11 is 0.798. The maximum atomic E-state index is 13.6. The van der Waals surface area contributed by atoms with E-state index in [0.29, 0.717) is 47.0 Å². The molecule has 0 fully saturated rings. The van der Waals surface area contributed by atoms with Gasteiger partial charge in [-0.25, -0.2) is 27.4 Å². The first-order valence-corrected chi connectivity index (χ1v) is 24.2. The highest BCUT2D eigenvalue weighted by Crippen LogP contribution is 2.42. The third-order valence-corrected chi connectivity index (χ3v) is 15.4. The maximum Gasteiger partial charge on any atom is 0.298 e. The van der Waals surface area contributed by atoms with Crippen molar-refractivity contribution < 1.29 is 86.2 Å². The average molecular weight is 971 g/mol. The van der Waals surface area contributed by atoms with Gasteiger partial charge in [0, 0.05) is 4.90 Å². The van der Waals surface area contributed by atoms with Crippen molar-refractivity contribution in [3.63, 3.8) is 0 Å². The van der Waals surface area contributed by atoms with Crippen molar-refractivity contribution in [1.29, 1.82) is 0 Å². The van der Waals surface area contributed by atoms with Gasteiger partial charge in [0.15, 0.2) is 0 Å². The van der Waals surface area contributed by atoms with Crippen LogP contribution in [0.15, 0.2) is 148 Å². The van der Waals surface area contributed by atoms with Gasteiger partial charge in [0.25, 0.3) is 20.2 Å². The molecular weight excluding hydrogens is 941 g/mol. The Bertz CT molecular complexity index is 3090. The van der Waals surface area contributed by atoms with Crippen LogP contribution in [0.2, 0.25) is 0 Å². The van der Waals surface area contributed by atoms with Gasteiger partial charge in [-0.05, 0) is 120 Å². The summed E-state index contributed by atoms with van der Waals surface area (Å²) in [6.45, 7) is 1.29. The van der Waals surface area contributed by atoms with Crippen LogP contribution in [0.25, 0.3) is 10.8 Å². The summed E-state index contributed by atoms with van der Waals surface area (Å²) in [5, 5.41) is 24.9. The largest absolute Gasteiger partial charge is 0.497 e. The summed E-state index contributed by atoms with van der Waals surface area (Å²) < 4.78 is 150. The number of sulfone groups is 2. The molecule has 62 heavy (non-hydrogen) atoms. The molecule has 0 bridgehead atoms. The molecule has 0 aromatic heterocycles. The molecule has 6 aromatic rings. The molecule has 0 radical (unpaired) electrons. The zero-order valence-electron chi connectivity index (χ0n) is 31.5. The Kier molecular flexibility index (Phi) is 14.2. The Labute approximate surface area is 362 Å². The highest BCUT2D eigenvalue weighted by Gasteiger charge is 2.27. The molecule has 0 atom stereocenters. The quantitative estimate of drug-likeness (QED) is 0.0280. The average Bonchev–Trinajstić information content (AvgIpc) is 3.23. The molecule has 0 aliphatic heterocycles. The molecule has 0 saturated heterocycles. The lowest BCUT2D eigenvalue weighted by molar-refractivity contribution is -0.432. The predicted octanol–water partition coefficient (Wildman–Crippen LogP) is 7.54. The smallest absolute Gasteiger partial charge is 0.298 e. The van der Waals surface area contributed by atoms with Gasteiger partial charge >= 0.3 is 0 Å². The van der Waals surface area contributed by atoms with Gasteiger partial charge in [0.05, 0.1) is 55.7 Å². The molecule has 0 amide bonds. The van der Waals surface area contributed by atoms with E-state index in [4.69, 9.17) is 24.7 Å². The summed E-state index contributed by atoms with van der Waals surface area (Å²) in [4.78, 5) is -2.51. The fourth-order valence-electron chi connectivity index (χ4n) is 5.68. The summed E-state index contributed by atoms with van der Waals surface area (Å²) in [6, 6.07) is 22.4. The van der Waals surface area contributed by atoms with E-state index in [1.165, 1.54) is 92.0 Å². The Hall–Kier alpha value is -4.84. The van der Waals surface area contributed by atoms with Crippen molar-refractivity contribution >= 4 is 74.8 Å². The number of hydrogen-bond acceptors (Lipinski definition) is 19. The number of benzene rings is 6. The Morgan fingerprint density at radius 1 is 0.532 bits per heavy atom. The number of aryl methyl sites for hydroxylation is 1. The minimum atomic E-state index is -5.22. The number of ether oxygens (including phenoxy) is 3. The lowest BCUT2D eigenvalue weighted by atomic mass is 10.1. The molecule has 0 unspecified atom stereocenters. The van der Waals surface area contributed by atoms with Gasteiger partial charge in [-0.3, -0.25) is 9.11 Å². The zero-order valence-corrected chi connectivity index (χ0v) is 36.4. The molecule has 0 aliphatic rings.